The maximum Gasteiger partial charge on any atom is 0.232 e. The summed E-state index contributed by atoms with van der Waals surface area (Å²) in [4.78, 5) is 25.8. The van der Waals surface area contributed by atoms with Crippen LogP contribution in [0.4, 0.5) is 0 Å². The van der Waals surface area contributed by atoms with Gasteiger partial charge in [0.25, 0.3) is 0 Å². The summed E-state index contributed by atoms with van der Waals surface area (Å²) in [5, 5.41) is 2.71. The minimum Gasteiger partial charge on any atom is -0.467 e. The second-order valence-corrected chi connectivity index (χ2v) is 5.18. The molecule has 20 heavy (non-hydrogen) atoms. The van der Waals surface area contributed by atoms with E-state index in [4.69, 9.17) is 4.42 Å². The minimum absolute atomic E-state index is 0.0616. The highest BCUT2D eigenvalue weighted by atomic mass is 16.3. The van der Waals surface area contributed by atoms with Crippen LogP contribution in [0.1, 0.15) is 44.8 Å². The Morgan fingerprint density at radius 2 is 2.30 bits per heavy atom. The average molecular weight is 278 g/mol. The topological polar surface area (TPSA) is 62.6 Å². The Kier molecular flexibility index (Phi) is 5.21. The molecular formula is C15H22N2O3. The molecule has 2 heterocycles. The fourth-order valence-corrected chi connectivity index (χ4v) is 2.65. The Hall–Kier alpha value is -1.78. The fourth-order valence-electron chi connectivity index (χ4n) is 2.65. The van der Waals surface area contributed by atoms with Crippen molar-refractivity contribution in [1.82, 2.24) is 10.2 Å². The highest BCUT2D eigenvalue weighted by Gasteiger charge is 2.26. The van der Waals surface area contributed by atoms with E-state index < -0.39 is 0 Å². The van der Waals surface area contributed by atoms with Gasteiger partial charge in [-0.25, -0.2) is 0 Å². The van der Waals surface area contributed by atoms with Gasteiger partial charge in [-0.3, -0.25) is 9.59 Å². The third-order valence-corrected chi connectivity index (χ3v) is 3.77. The predicted octanol–water partition coefficient (Wildman–Crippen LogP) is 2.08. The molecule has 1 N–H and O–H groups in total. The Labute approximate surface area is 119 Å². The van der Waals surface area contributed by atoms with Crippen LogP contribution in [0.25, 0.3) is 0 Å². The van der Waals surface area contributed by atoms with E-state index in [-0.39, 0.29) is 18.2 Å². The lowest BCUT2D eigenvalue weighted by atomic mass is 9.99. The second-order valence-electron chi connectivity index (χ2n) is 5.18. The summed E-state index contributed by atoms with van der Waals surface area (Å²) < 4.78 is 5.13. The number of carbonyl (C=O) groups is 2. The van der Waals surface area contributed by atoms with Crippen LogP contribution < -0.4 is 5.32 Å². The zero-order valence-corrected chi connectivity index (χ0v) is 11.9. The predicted molar refractivity (Wildman–Crippen MR) is 74.8 cm³/mol. The molecule has 1 aromatic heterocycles. The molecule has 1 saturated heterocycles. The third-order valence-electron chi connectivity index (χ3n) is 3.77. The lowest BCUT2D eigenvalue weighted by Crippen LogP contribution is -2.45. The number of amides is 2. The highest BCUT2D eigenvalue weighted by molar-refractivity contribution is 5.97. The Morgan fingerprint density at radius 3 is 3.00 bits per heavy atom. The summed E-state index contributed by atoms with van der Waals surface area (Å²) in [5.41, 5.74) is 0. The van der Waals surface area contributed by atoms with Crippen LogP contribution in [-0.2, 0) is 16.1 Å². The first kappa shape index (κ1) is 14.6. The second kappa shape index (κ2) is 7.12. The van der Waals surface area contributed by atoms with Crippen molar-refractivity contribution in [3.05, 3.63) is 24.2 Å². The number of piperidine rings is 1. The minimum atomic E-state index is -0.244. The fraction of sp³-hybridized carbons (Fsp3) is 0.600. The molecule has 2 rings (SSSR count). The molecule has 1 fully saturated rings. The monoisotopic (exact) mass is 278 g/mol. The molecule has 5 heteroatoms. The average Bonchev–Trinajstić information content (AvgIpc) is 2.98. The number of hydrogen-bond donors (Lipinski definition) is 1. The van der Waals surface area contributed by atoms with E-state index in [9.17, 15) is 9.59 Å². The van der Waals surface area contributed by atoms with E-state index in [0.717, 1.165) is 25.8 Å². The van der Waals surface area contributed by atoms with Crippen LogP contribution in [0.15, 0.2) is 22.8 Å². The maximum atomic E-state index is 12.2. The van der Waals surface area contributed by atoms with Gasteiger partial charge in [-0.15, -0.1) is 0 Å². The zero-order chi connectivity index (χ0) is 14.4. The number of hydrogen-bond acceptors (Lipinski definition) is 3. The SMILES string of the molecule is CCC1CCCCN1C(=O)CC(=O)NCc1ccco1. The van der Waals surface area contributed by atoms with Crippen molar-refractivity contribution in [3.8, 4) is 0 Å². The van der Waals surface area contributed by atoms with Gasteiger partial charge in [0.05, 0.1) is 12.8 Å². The van der Waals surface area contributed by atoms with Crippen molar-refractivity contribution in [2.45, 2.75) is 51.6 Å². The van der Waals surface area contributed by atoms with Gasteiger partial charge in [-0.1, -0.05) is 6.92 Å². The summed E-state index contributed by atoms with van der Waals surface area (Å²) in [6, 6.07) is 3.86. The highest BCUT2D eigenvalue weighted by Crippen LogP contribution is 2.20. The van der Waals surface area contributed by atoms with Crippen LogP contribution in [-0.4, -0.2) is 29.3 Å². The molecule has 0 saturated carbocycles. The lowest BCUT2D eigenvalue weighted by molar-refractivity contribution is -0.139. The summed E-state index contributed by atoms with van der Waals surface area (Å²) in [7, 11) is 0. The molecule has 1 atom stereocenters. The molecule has 0 radical (unpaired) electrons. The summed E-state index contributed by atoms with van der Waals surface area (Å²) in [5.74, 6) is 0.385. The number of likely N-dealkylation sites (tertiary alicyclic amines) is 1. The number of nitrogens with one attached hydrogen (secondary N) is 1. The summed E-state index contributed by atoms with van der Waals surface area (Å²) in [6.07, 6.45) is 5.71. The Morgan fingerprint density at radius 1 is 1.45 bits per heavy atom. The first-order chi connectivity index (χ1) is 9.70. The first-order valence-corrected chi connectivity index (χ1v) is 7.29. The van der Waals surface area contributed by atoms with Gasteiger partial charge in [0.15, 0.2) is 0 Å². The quantitative estimate of drug-likeness (QED) is 0.839. The molecule has 1 aliphatic rings. The lowest BCUT2D eigenvalue weighted by Gasteiger charge is -2.35. The molecule has 1 unspecified atom stereocenters. The molecule has 5 nitrogen and oxygen atoms in total. The molecule has 0 aliphatic carbocycles. The molecule has 0 spiro atoms. The van der Waals surface area contributed by atoms with Crippen molar-refractivity contribution in [1.29, 1.82) is 0 Å². The van der Waals surface area contributed by atoms with Crippen molar-refractivity contribution in [2.24, 2.45) is 0 Å². The molecule has 2 amide bonds. The van der Waals surface area contributed by atoms with Gasteiger partial charge in [0, 0.05) is 12.6 Å². The largest absolute Gasteiger partial charge is 0.467 e. The van der Waals surface area contributed by atoms with Crippen LogP contribution in [0, 0.1) is 0 Å². The summed E-state index contributed by atoms with van der Waals surface area (Å²) >= 11 is 0. The van der Waals surface area contributed by atoms with E-state index in [1.165, 1.54) is 6.42 Å². The molecule has 1 aromatic rings. The third kappa shape index (κ3) is 3.85. The first-order valence-electron chi connectivity index (χ1n) is 7.29. The van der Waals surface area contributed by atoms with E-state index in [0.29, 0.717) is 18.3 Å². The van der Waals surface area contributed by atoms with Gasteiger partial charge in [0.2, 0.25) is 11.8 Å². The normalized spacial score (nSPS) is 18.9. The van der Waals surface area contributed by atoms with Crippen molar-refractivity contribution in [2.75, 3.05) is 6.54 Å². The number of nitrogens with zero attached hydrogens (tertiary/aromatic N) is 1. The number of furan rings is 1. The van der Waals surface area contributed by atoms with Gasteiger partial charge >= 0.3 is 0 Å². The van der Waals surface area contributed by atoms with Gasteiger partial charge < -0.3 is 14.6 Å². The van der Waals surface area contributed by atoms with E-state index >= 15 is 0 Å². The molecular weight excluding hydrogens is 256 g/mol. The van der Waals surface area contributed by atoms with Gasteiger partial charge in [-0.2, -0.15) is 0 Å². The van der Waals surface area contributed by atoms with E-state index in [2.05, 4.69) is 12.2 Å². The van der Waals surface area contributed by atoms with Crippen molar-refractivity contribution < 1.29 is 14.0 Å². The van der Waals surface area contributed by atoms with Crippen LogP contribution in [0.3, 0.4) is 0 Å². The molecule has 1 aliphatic heterocycles. The Bertz CT molecular complexity index is 442. The van der Waals surface area contributed by atoms with Gasteiger partial charge in [-0.05, 0) is 37.8 Å². The smallest absolute Gasteiger partial charge is 0.232 e. The summed E-state index contributed by atoms with van der Waals surface area (Å²) in [6.45, 7) is 3.20. The number of rotatable bonds is 5. The zero-order valence-electron chi connectivity index (χ0n) is 11.9. The van der Waals surface area contributed by atoms with Gasteiger partial charge in [0.1, 0.15) is 12.2 Å². The van der Waals surface area contributed by atoms with Crippen molar-refractivity contribution >= 4 is 11.8 Å². The molecule has 110 valence electrons. The Balaban J connectivity index is 1.79. The van der Waals surface area contributed by atoms with E-state index in [1.807, 2.05) is 4.90 Å². The maximum absolute atomic E-state index is 12.2. The van der Waals surface area contributed by atoms with Crippen LogP contribution in [0.5, 0.6) is 0 Å². The molecule has 0 bridgehead atoms. The number of carbonyl (C=O) groups excluding carboxylic acids is 2. The standard InChI is InChI=1S/C15H22N2O3/c1-2-12-6-3-4-8-17(12)15(19)10-14(18)16-11-13-7-5-9-20-13/h5,7,9,12H,2-4,6,8,10-11H2,1H3,(H,16,18). The van der Waals surface area contributed by atoms with Crippen LogP contribution >= 0.6 is 0 Å². The van der Waals surface area contributed by atoms with Crippen molar-refractivity contribution in [3.63, 3.8) is 0 Å². The van der Waals surface area contributed by atoms with Crippen LogP contribution in [0.2, 0.25) is 0 Å². The molecule has 0 aromatic carbocycles. The van der Waals surface area contributed by atoms with E-state index in [1.54, 1.807) is 18.4 Å².